The van der Waals surface area contributed by atoms with Gasteiger partial charge in [0.2, 0.25) is 0 Å². The Balaban J connectivity index is 2.14. The first-order chi connectivity index (χ1) is 8.22. The monoisotopic (exact) mass is 252 g/mol. The number of nitrogens with zero attached hydrogens (tertiary/aromatic N) is 1. The second-order valence-electron chi connectivity index (χ2n) is 3.98. The first-order valence-corrected chi connectivity index (χ1v) is 6.44. The number of hydrogen-bond donors (Lipinski definition) is 3. The largest absolute Gasteiger partial charge is 0.390 e. The van der Waals surface area contributed by atoms with E-state index >= 15 is 0 Å². The first kappa shape index (κ1) is 12.4. The lowest BCUT2D eigenvalue weighted by atomic mass is 10.0. The summed E-state index contributed by atoms with van der Waals surface area (Å²) in [7, 11) is 1.82. The van der Waals surface area contributed by atoms with Gasteiger partial charge in [-0.3, -0.25) is 0 Å². The highest BCUT2D eigenvalue weighted by molar-refractivity contribution is 7.16. The van der Waals surface area contributed by atoms with Gasteiger partial charge in [-0.05, 0) is 37.7 Å². The number of aliphatic hydroxyl groups excluding tert-OH is 2. The van der Waals surface area contributed by atoms with Gasteiger partial charge < -0.3 is 15.5 Å². The van der Waals surface area contributed by atoms with Crippen molar-refractivity contribution in [1.82, 2.24) is 10.3 Å². The molecule has 0 fully saturated rings. The Morgan fingerprint density at radius 1 is 1.41 bits per heavy atom. The fourth-order valence-corrected chi connectivity index (χ4v) is 2.39. The van der Waals surface area contributed by atoms with Gasteiger partial charge in [0.05, 0.1) is 21.8 Å². The summed E-state index contributed by atoms with van der Waals surface area (Å²) in [6.07, 6.45) is -1.08. The molecule has 0 amide bonds. The van der Waals surface area contributed by atoms with Gasteiger partial charge in [0.15, 0.2) is 0 Å². The zero-order valence-corrected chi connectivity index (χ0v) is 10.4. The average Bonchev–Trinajstić information content (AvgIpc) is 2.81. The van der Waals surface area contributed by atoms with Crippen molar-refractivity contribution in [1.29, 1.82) is 0 Å². The summed E-state index contributed by atoms with van der Waals surface area (Å²) in [4.78, 5) is 4.20. The minimum absolute atomic E-state index is 0.521. The highest BCUT2D eigenvalue weighted by Crippen LogP contribution is 2.24. The van der Waals surface area contributed by atoms with Crippen LogP contribution in [-0.4, -0.2) is 34.9 Å². The van der Waals surface area contributed by atoms with Crippen molar-refractivity contribution in [3.8, 4) is 0 Å². The third kappa shape index (κ3) is 2.81. The molecule has 1 aromatic carbocycles. The molecule has 92 valence electrons. The Morgan fingerprint density at radius 2 is 2.24 bits per heavy atom. The molecule has 1 aromatic heterocycles. The Hall–Kier alpha value is -1.01. The summed E-state index contributed by atoms with van der Waals surface area (Å²) in [5.41, 5.74) is 3.36. The molecule has 2 rings (SSSR count). The van der Waals surface area contributed by atoms with Crippen molar-refractivity contribution in [2.45, 2.75) is 18.6 Å². The SMILES string of the molecule is CNCCC(O)C(O)c1ccc2scnc2c1. The van der Waals surface area contributed by atoms with Crippen molar-refractivity contribution in [2.75, 3.05) is 13.6 Å². The van der Waals surface area contributed by atoms with Crippen LogP contribution >= 0.6 is 11.3 Å². The fourth-order valence-electron chi connectivity index (χ4n) is 1.73. The van der Waals surface area contributed by atoms with E-state index in [2.05, 4.69) is 10.3 Å². The molecule has 5 heteroatoms. The molecule has 4 nitrogen and oxygen atoms in total. The lowest BCUT2D eigenvalue weighted by molar-refractivity contribution is 0.0141. The van der Waals surface area contributed by atoms with E-state index in [0.29, 0.717) is 18.5 Å². The van der Waals surface area contributed by atoms with Gasteiger partial charge in [0, 0.05) is 0 Å². The number of benzene rings is 1. The molecular formula is C12H16N2O2S. The molecule has 2 atom stereocenters. The van der Waals surface area contributed by atoms with Crippen LogP contribution in [0.2, 0.25) is 0 Å². The van der Waals surface area contributed by atoms with E-state index in [1.807, 2.05) is 25.2 Å². The number of thiazole rings is 1. The van der Waals surface area contributed by atoms with Gasteiger partial charge in [0.1, 0.15) is 6.10 Å². The van der Waals surface area contributed by atoms with Gasteiger partial charge in [-0.1, -0.05) is 6.07 Å². The normalized spacial score (nSPS) is 15.0. The Morgan fingerprint density at radius 3 is 3.00 bits per heavy atom. The molecule has 2 aromatic rings. The minimum atomic E-state index is -0.852. The van der Waals surface area contributed by atoms with Crippen LogP contribution < -0.4 is 5.32 Å². The van der Waals surface area contributed by atoms with Crippen LogP contribution in [0.5, 0.6) is 0 Å². The lowest BCUT2D eigenvalue weighted by Crippen LogP contribution is -2.23. The van der Waals surface area contributed by atoms with Crippen LogP contribution in [0.3, 0.4) is 0 Å². The summed E-state index contributed by atoms with van der Waals surface area (Å²) in [5.74, 6) is 0. The molecule has 0 radical (unpaired) electrons. The Bertz CT molecular complexity index is 486. The third-order valence-corrected chi connectivity index (χ3v) is 3.56. The molecule has 2 unspecified atom stereocenters. The molecule has 3 N–H and O–H groups in total. The minimum Gasteiger partial charge on any atom is -0.390 e. The molecule has 0 spiro atoms. The van der Waals surface area contributed by atoms with E-state index < -0.39 is 12.2 Å². The van der Waals surface area contributed by atoms with E-state index in [1.165, 1.54) is 0 Å². The number of nitrogens with one attached hydrogen (secondary N) is 1. The molecule has 0 saturated carbocycles. The van der Waals surface area contributed by atoms with Gasteiger partial charge >= 0.3 is 0 Å². The van der Waals surface area contributed by atoms with Gasteiger partial charge in [-0.15, -0.1) is 11.3 Å². The van der Waals surface area contributed by atoms with E-state index in [9.17, 15) is 10.2 Å². The first-order valence-electron chi connectivity index (χ1n) is 5.56. The zero-order chi connectivity index (χ0) is 12.3. The van der Waals surface area contributed by atoms with Crippen LogP contribution in [0.15, 0.2) is 23.7 Å². The van der Waals surface area contributed by atoms with Crippen LogP contribution in [0.4, 0.5) is 0 Å². The summed E-state index contributed by atoms with van der Waals surface area (Å²) in [6, 6.07) is 5.60. The summed E-state index contributed by atoms with van der Waals surface area (Å²) < 4.78 is 1.09. The van der Waals surface area contributed by atoms with Gasteiger partial charge in [-0.2, -0.15) is 0 Å². The van der Waals surface area contributed by atoms with Crippen molar-refractivity contribution >= 4 is 21.6 Å². The lowest BCUT2D eigenvalue weighted by Gasteiger charge is -2.17. The van der Waals surface area contributed by atoms with E-state index in [-0.39, 0.29) is 0 Å². The van der Waals surface area contributed by atoms with E-state index in [1.54, 1.807) is 16.8 Å². The maximum Gasteiger partial charge on any atom is 0.105 e. The molecule has 0 aliphatic heterocycles. The number of aliphatic hydroxyl groups is 2. The topological polar surface area (TPSA) is 65.4 Å². The predicted molar refractivity (Wildman–Crippen MR) is 69.1 cm³/mol. The summed E-state index contributed by atoms with van der Waals surface area (Å²) >= 11 is 1.56. The summed E-state index contributed by atoms with van der Waals surface area (Å²) in [5, 5.41) is 22.8. The molecule has 0 saturated heterocycles. The number of rotatable bonds is 5. The maximum atomic E-state index is 10.0. The van der Waals surface area contributed by atoms with Crippen molar-refractivity contribution in [3.63, 3.8) is 0 Å². The standard InChI is InChI=1S/C12H16N2O2S/c1-13-5-4-10(15)12(16)8-2-3-11-9(6-8)14-7-17-11/h2-3,6-7,10,12-13,15-16H,4-5H2,1H3. The highest BCUT2D eigenvalue weighted by atomic mass is 32.1. The number of aromatic nitrogens is 1. The molecular weight excluding hydrogens is 236 g/mol. The van der Waals surface area contributed by atoms with Crippen LogP contribution in [-0.2, 0) is 0 Å². The zero-order valence-electron chi connectivity index (χ0n) is 9.63. The molecule has 17 heavy (non-hydrogen) atoms. The predicted octanol–water partition coefficient (Wildman–Crippen LogP) is 1.30. The molecule has 1 heterocycles. The van der Waals surface area contributed by atoms with Crippen molar-refractivity contribution < 1.29 is 10.2 Å². The van der Waals surface area contributed by atoms with Gasteiger partial charge in [0.25, 0.3) is 0 Å². The smallest absolute Gasteiger partial charge is 0.105 e. The molecule has 0 aliphatic rings. The second-order valence-corrected chi connectivity index (χ2v) is 4.87. The fraction of sp³-hybridized carbons (Fsp3) is 0.417. The maximum absolute atomic E-state index is 10.0. The van der Waals surface area contributed by atoms with Crippen LogP contribution in [0, 0.1) is 0 Å². The second kappa shape index (κ2) is 5.55. The van der Waals surface area contributed by atoms with Crippen molar-refractivity contribution in [2.24, 2.45) is 0 Å². The van der Waals surface area contributed by atoms with Crippen LogP contribution in [0.1, 0.15) is 18.1 Å². The average molecular weight is 252 g/mol. The van der Waals surface area contributed by atoms with Crippen molar-refractivity contribution in [3.05, 3.63) is 29.3 Å². The quantitative estimate of drug-likeness (QED) is 0.750. The Labute approximate surface area is 104 Å². The number of hydrogen-bond acceptors (Lipinski definition) is 5. The highest BCUT2D eigenvalue weighted by Gasteiger charge is 2.18. The van der Waals surface area contributed by atoms with E-state index in [4.69, 9.17) is 0 Å². The molecule has 0 aliphatic carbocycles. The number of fused-ring (bicyclic) bond motifs is 1. The molecule has 0 bridgehead atoms. The van der Waals surface area contributed by atoms with Crippen LogP contribution in [0.25, 0.3) is 10.2 Å². The summed E-state index contributed by atoms with van der Waals surface area (Å²) in [6.45, 7) is 0.678. The Kier molecular flexibility index (Phi) is 4.06. The third-order valence-electron chi connectivity index (χ3n) is 2.75. The van der Waals surface area contributed by atoms with Gasteiger partial charge in [-0.25, -0.2) is 4.98 Å². The van der Waals surface area contributed by atoms with E-state index in [0.717, 1.165) is 10.2 Å².